The molecule has 1 aromatic heterocycles. The summed E-state index contributed by atoms with van der Waals surface area (Å²) in [6, 6.07) is 1.80. The Morgan fingerprint density at radius 3 is 3.18 bits per heavy atom. The Labute approximate surface area is 100 Å². The molecule has 0 saturated carbocycles. The normalized spacial score (nSPS) is 24.3. The van der Waals surface area contributed by atoms with Crippen molar-refractivity contribution in [1.82, 2.24) is 10.3 Å². The Bertz CT molecular complexity index is 408. The topological polar surface area (TPSA) is 77.2 Å². The summed E-state index contributed by atoms with van der Waals surface area (Å²) in [5, 5.41) is 2.98. The highest BCUT2D eigenvalue weighted by molar-refractivity contribution is 5.98. The van der Waals surface area contributed by atoms with Gasteiger partial charge in [-0.15, -0.1) is 0 Å². The Hall–Kier alpha value is -1.62. The van der Waals surface area contributed by atoms with Crippen LogP contribution in [-0.4, -0.2) is 29.6 Å². The summed E-state index contributed by atoms with van der Waals surface area (Å²) < 4.78 is 5.43. The van der Waals surface area contributed by atoms with E-state index >= 15 is 0 Å². The summed E-state index contributed by atoms with van der Waals surface area (Å²) in [6.45, 7) is 2.71. The van der Waals surface area contributed by atoms with Gasteiger partial charge in [-0.2, -0.15) is 0 Å². The van der Waals surface area contributed by atoms with Crippen molar-refractivity contribution in [3.05, 3.63) is 24.0 Å². The molecule has 0 radical (unpaired) electrons. The van der Waals surface area contributed by atoms with E-state index in [0.29, 0.717) is 17.9 Å². The quantitative estimate of drug-likeness (QED) is 0.800. The van der Waals surface area contributed by atoms with Crippen molar-refractivity contribution in [1.29, 1.82) is 0 Å². The smallest absolute Gasteiger partial charge is 0.253 e. The van der Waals surface area contributed by atoms with E-state index in [2.05, 4.69) is 10.3 Å². The average Bonchev–Trinajstić information content (AvgIpc) is 2.29. The number of nitrogen functional groups attached to an aromatic ring is 1. The zero-order valence-electron chi connectivity index (χ0n) is 9.85. The summed E-state index contributed by atoms with van der Waals surface area (Å²) in [6.07, 6.45) is 4.95. The van der Waals surface area contributed by atoms with Gasteiger partial charge < -0.3 is 15.8 Å². The molecule has 5 heteroatoms. The van der Waals surface area contributed by atoms with E-state index in [1.54, 1.807) is 12.3 Å². The first-order valence-electron chi connectivity index (χ1n) is 5.79. The molecule has 2 unspecified atom stereocenters. The predicted molar refractivity (Wildman–Crippen MR) is 64.6 cm³/mol. The number of anilines is 1. The number of carbonyl (C=O) groups is 1. The Morgan fingerprint density at radius 2 is 2.47 bits per heavy atom. The molecule has 1 aliphatic rings. The molecule has 0 bridgehead atoms. The number of amides is 1. The lowest BCUT2D eigenvalue weighted by Gasteiger charge is -2.28. The number of hydrogen-bond donors (Lipinski definition) is 2. The van der Waals surface area contributed by atoms with E-state index in [1.807, 2.05) is 6.92 Å². The van der Waals surface area contributed by atoms with Gasteiger partial charge in [0.05, 0.1) is 23.6 Å². The number of pyridine rings is 1. The number of nitrogens with zero attached hydrogens (tertiary/aromatic N) is 1. The van der Waals surface area contributed by atoms with Gasteiger partial charge in [0.1, 0.15) is 0 Å². The van der Waals surface area contributed by atoms with Gasteiger partial charge in [-0.3, -0.25) is 9.78 Å². The molecule has 1 aliphatic heterocycles. The van der Waals surface area contributed by atoms with Crippen LogP contribution in [0.15, 0.2) is 18.5 Å². The Balaban J connectivity index is 1.99. The van der Waals surface area contributed by atoms with Crippen LogP contribution in [0.1, 0.15) is 30.1 Å². The van der Waals surface area contributed by atoms with Crippen LogP contribution in [0, 0.1) is 0 Å². The number of hydrogen-bond acceptors (Lipinski definition) is 4. The maximum Gasteiger partial charge on any atom is 0.253 e. The van der Waals surface area contributed by atoms with Gasteiger partial charge in [0.2, 0.25) is 0 Å². The highest BCUT2D eigenvalue weighted by Crippen LogP contribution is 2.15. The Morgan fingerprint density at radius 1 is 1.65 bits per heavy atom. The van der Waals surface area contributed by atoms with Gasteiger partial charge in [0, 0.05) is 18.8 Å². The third-order valence-electron chi connectivity index (χ3n) is 2.92. The number of carbonyl (C=O) groups excluding carboxylic acids is 1. The fourth-order valence-electron chi connectivity index (χ4n) is 2.01. The van der Waals surface area contributed by atoms with Crippen LogP contribution in [0.4, 0.5) is 5.69 Å². The first kappa shape index (κ1) is 11.9. The molecule has 5 nitrogen and oxygen atoms in total. The summed E-state index contributed by atoms with van der Waals surface area (Å²) >= 11 is 0. The largest absolute Gasteiger partial charge is 0.397 e. The van der Waals surface area contributed by atoms with Crippen molar-refractivity contribution in [2.24, 2.45) is 0 Å². The van der Waals surface area contributed by atoms with Crippen molar-refractivity contribution in [3.8, 4) is 0 Å². The first-order valence-corrected chi connectivity index (χ1v) is 5.79. The number of rotatable bonds is 2. The molecule has 2 atom stereocenters. The van der Waals surface area contributed by atoms with E-state index in [0.717, 1.165) is 12.8 Å². The lowest BCUT2D eigenvalue weighted by Crippen LogP contribution is -2.41. The molecule has 1 aromatic rings. The molecule has 3 N–H and O–H groups in total. The highest BCUT2D eigenvalue weighted by Gasteiger charge is 2.21. The van der Waals surface area contributed by atoms with Crippen LogP contribution in [0.2, 0.25) is 0 Å². The van der Waals surface area contributed by atoms with Crippen LogP contribution in [0.3, 0.4) is 0 Å². The van der Waals surface area contributed by atoms with Crippen molar-refractivity contribution < 1.29 is 9.53 Å². The summed E-state index contributed by atoms with van der Waals surface area (Å²) in [4.78, 5) is 15.8. The second-order valence-electron chi connectivity index (χ2n) is 4.34. The standard InChI is InChI=1S/C12H17N3O2/c1-8-6-9(3-5-17-8)15-12(16)10-2-4-14-7-11(10)13/h2,4,7-9H,3,5-6,13H2,1H3,(H,15,16). The van der Waals surface area contributed by atoms with Crippen LogP contribution < -0.4 is 11.1 Å². The lowest BCUT2D eigenvalue weighted by molar-refractivity contribution is 0.0137. The van der Waals surface area contributed by atoms with Gasteiger partial charge in [0.25, 0.3) is 5.91 Å². The van der Waals surface area contributed by atoms with Gasteiger partial charge in [-0.25, -0.2) is 0 Å². The molecule has 2 rings (SSSR count). The predicted octanol–water partition coefficient (Wildman–Crippen LogP) is 0.961. The zero-order chi connectivity index (χ0) is 12.3. The average molecular weight is 235 g/mol. The molecule has 92 valence electrons. The number of nitrogens with two attached hydrogens (primary N) is 1. The maximum absolute atomic E-state index is 12.0. The third-order valence-corrected chi connectivity index (χ3v) is 2.92. The molecule has 0 aromatic carbocycles. The fraction of sp³-hybridized carbons (Fsp3) is 0.500. The van der Waals surface area contributed by atoms with E-state index in [4.69, 9.17) is 10.5 Å². The molecular formula is C12H17N3O2. The van der Waals surface area contributed by atoms with E-state index < -0.39 is 0 Å². The molecule has 1 amide bonds. The van der Waals surface area contributed by atoms with Crippen LogP contribution in [-0.2, 0) is 4.74 Å². The van der Waals surface area contributed by atoms with Gasteiger partial charge >= 0.3 is 0 Å². The maximum atomic E-state index is 12.0. The number of nitrogens with one attached hydrogen (secondary N) is 1. The molecular weight excluding hydrogens is 218 g/mol. The molecule has 1 saturated heterocycles. The van der Waals surface area contributed by atoms with Crippen LogP contribution in [0.5, 0.6) is 0 Å². The summed E-state index contributed by atoms with van der Waals surface area (Å²) in [5.74, 6) is -0.135. The minimum Gasteiger partial charge on any atom is -0.397 e. The zero-order valence-corrected chi connectivity index (χ0v) is 9.85. The lowest BCUT2D eigenvalue weighted by atomic mass is 10.0. The highest BCUT2D eigenvalue weighted by atomic mass is 16.5. The summed E-state index contributed by atoms with van der Waals surface area (Å²) in [5.41, 5.74) is 6.60. The van der Waals surface area contributed by atoms with Crippen molar-refractivity contribution in [2.75, 3.05) is 12.3 Å². The molecule has 2 heterocycles. The second-order valence-corrected chi connectivity index (χ2v) is 4.34. The number of ether oxygens (including phenoxy) is 1. The van der Waals surface area contributed by atoms with E-state index in [1.165, 1.54) is 6.20 Å². The van der Waals surface area contributed by atoms with Crippen LogP contribution in [0.25, 0.3) is 0 Å². The van der Waals surface area contributed by atoms with E-state index in [9.17, 15) is 4.79 Å². The van der Waals surface area contributed by atoms with Gasteiger partial charge in [0.15, 0.2) is 0 Å². The fourth-order valence-corrected chi connectivity index (χ4v) is 2.01. The number of aromatic nitrogens is 1. The summed E-state index contributed by atoms with van der Waals surface area (Å²) in [7, 11) is 0. The Kier molecular flexibility index (Phi) is 3.58. The molecule has 0 spiro atoms. The monoisotopic (exact) mass is 235 g/mol. The minimum absolute atomic E-state index is 0.135. The third kappa shape index (κ3) is 2.94. The van der Waals surface area contributed by atoms with Crippen molar-refractivity contribution in [2.45, 2.75) is 31.9 Å². The van der Waals surface area contributed by atoms with Crippen molar-refractivity contribution in [3.63, 3.8) is 0 Å². The van der Waals surface area contributed by atoms with Gasteiger partial charge in [-0.1, -0.05) is 0 Å². The van der Waals surface area contributed by atoms with Gasteiger partial charge in [-0.05, 0) is 25.8 Å². The molecule has 1 fully saturated rings. The molecule has 17 heavy (non-hydrogen) atoms. The second kappa shape index (κ2) is 5.14. The first-order chi connectivity index (χ1) is 8.16. The molecule has 0 aliphatic carbocycles. The SMILES string of the molecule is CC1CC(NC(=O)c2ccncc2N)CCO1. The van der Waals surface area contributed by atoms with Crippen LogP contribution >= 0.6 is 0 Å². The van der Waals surface area contributed by atoms with E-state index in [-0.39, 0.29) is 18.1 Å². The van der Waals surface area contributed by atoms with Crippen molar-refractivity contribution >= 4 is 11.6 Å². The minimum atomic E-state index is -0.135.